The molecule has 8 heteroatoms. The maximum atomic E-state index is 12.5. The molecule has 1 saturated heterocycles. The summed E-state index contributed by atoms with van der Waals surface area (Å²) in [6.07, 6.45) is 1.57. The lowest BCUT2D eigenvalue weighted by molar-refractivity contribution is -0.895. The molecule has 1 fully saturated rings. The normalized spacial score (nSPS) is 16.5. The average molecular weight is 378 g/mol. The number of rotatable bonds is 7. The van der Waals surface area contributed by atoms with Crippen LogP contribution in [-0.4, -0.2) is 51.4 Å². The summed E-state index contributed by atoms with van der Waals surface area (Å²) >= 11 is 0. The Kier molecular flexibility index (Phi) is 6.08. The van der Waals surface area contributed by atoms with Gasteiger partial charge < -0.3 is 14.6 Å². The minimum absolute atomic E-state index is 0.0206. The van der Waals surface area contributed by atoms with Gasteiger partial charge in [0.15, 0.2) is 6.54 Å². The lowest BCUT2D eigenvalue weighted by atomic mass is 10.2. The number of hydrogen-bond acceptors (Lipinski definition) is 4. The van der Waals surface area contributed by atoms with Gasteiger partial charge in [-0.2, -0.15) is 4.31 Å². The molecule has 0 radical (unpaired) electrons. The molecule has 2 heterocycles. The largest absolute Gasteiger partial charge is 0.467 e. The van der Waals surface area contributed by atoms with Gasteiger partial charge in [-0.1, -0.05) is 30.3 Å². The van der Waals surface area contributed by atoms with Crippen molar-refractivity contribution >= 4 is 15.9 Å². The summed E-state index contributed by atoms with van der Waals surface area (Å²) in [6, 6.07) is 12.8. The van der Waals surface area contributed by atoms with Crippen LogP contribution < -0.4 is 10.2 Å². The molecule has 0 saturated carbocycles. The van der Waals surface area contributed by atoms with Gasteiger partial charge in [0.1, 0.15) is 5.76 Å². The minimum atomic E-state index is -3.32. The van der Waals surface area contributed by atoms with Crippen LogP contribution in [-0.2, 0) is 27.1 Å². The van der Waals surface area contributed by atoms with Gasteiger partial charge in [0.2, 0.25) is 10.0 Å². The van der Waals surface area contributed by atoms with Crippen LogP contribution in [0, 0.1) is 0 Å². The minimum Gasteiger partial charge on any atom is -0.467 e. The molecule has 0 spiro atoms. The van der Waals surface area contributed by atoms with Crippen LogP contribution in [0.15, 0.2) is 53.1 Å². The van der Waals surface area contributed by atoms with Crippen molar-refractivity contribution in [3.05, 3.63) is 60.1 Å². The molecule has 1 aliphatic heterocycles. The van der Waals surface area contributed by atoms with Crippen molar-refractivity contribution < 1.29 is 22.5 Å². The third-order valence-corrected chi connectivity index (χ3v) is 6.32. The van der Waals surface area contributed by atoms with Crippen molar-refractivity contribution in [3.8, 4) is 0 Å². The topological polar surface area (TPSA) is 84.1 Å². The van der Waals surface area contributed by atoms with E-state index in [4.69, 9.17) is 4.42 Å². The Morgan fingerprint density at radius 1 is 1.12 bits per heavy atom. The third kappa shape index (κ3) is 5.17. The smallest absolute Gasteiger partial charge is 0.275 e. The molecule has 1 aliphatic rings. The van der Waals surface area contributed by atoms with Gasteiger partial charge in [-0.3, -0.25) is 4.79 Å². The Labute approximate surface area is 153 Å². The Morgan fingerprint density at radius 3 is 2.50 bits per heavy atom. The molecular formula is C18H24N3O4S+. The summed E-state index contributed by atoms with van der Waals surface area (Å²) in [6.45, 7) is 2.85. The first kappa shape index (κ1) is 18.6. The monoisotopic (exact) mass is 378 g/mol. The zero-order valence-corrected chi connectivity index (χ0v) is 15.4. The number of benzene rings is 1. The van der Waals surface area contributed by atoms with Crippen LogP contribution in [0.2, 0.25) is 0 Å². The number of carbonyl (C=O) groups excluding carboxylic acids is 1. The van der Waals surface area contributed by atoms with Crippen molar-refractivity contribution in [1.29, 1.82) is 0 Å². The van der Waals surface area contributed by atoms with Crippen LogP contribution in [0.4, 0.5) is 0 Å². The molecule has 0 unspecified atom stereocenters. The Hall–Kier alpha value is -2.16. The van der Waals surface area contributed by atoms with Gasteiger partial charge in [-0.25, -0.2) is 8.42 Å². The highest BCUT2D eigenvalue weighted by molar-refractivity contribution is 7.88. The van der Waals surface area contributed by atoms with Crippen LogP contribution in [0.3, 0.4) is 0 Å². The molecule has 26 heavy (non-hydrogen) atoms. The predicted octanol–water partition coefficient (Wildman–Crippen LogP) is -0.374. The lowest BCUT2D eigenvalue weighted by Gasteiger charge is -2.31. The molecule has 140 valence electrons. The molecule has 1 amide bonds. The van der Waals surface area contributed by atoms with E-state index in [2.05, 4.69) is 5.32 Å². The molecule has 0 aliphatic carbocycles. The first-order valence-electron chi connectivity index (χ1n) is 8.67. The molecule has 3 rings (SSSR count). The summed E-state index contributed by atoms with van der Waals surface area (Å²) in [5.74, 6) is 0.675. The van der Waals surface area contributed by atoms with Gasteiger partial charge in [-0.05, 0) is 17.7 Å². The summed E-state index contributed by atoms with van der Waals surface area (Å²) in [5, 5.41) is 2.82. The van der Waals surface area contributed by atoms with E-state index in [1.54, 1.807) is 12.3 Å². The van der Waals surface area contributed by atoms with Gasteiger partial charge in [0, 0.05) is 0 Å². The number of sulfonamides is 1. The molecular weight excluding hydrogens is 354 g/mol. The van der Waals surface area contributed by atoms with E-state index in [0.29, 0.717) is 45.0 Å². The van der Waals surface area contributed by atoms with E-state index in [0.717, 1.165) is 10.5 Å². The maximum absolute atomic E-state index is 12.5. The molecule has 7 nitrogen and oxygen atoms in total. The van der Waals surface area contributed by atoms with Crippen molar-refractivity contribution in [2.24, 2.45) is 0 Å². The molecule has 0 atom stereocenters. The molecule has 2 N–H and O–H groups in total. The number of nitrogens with zero attached hydrogens (tertiary/aromatic N) is 1. The number of hydrogen-bond donors (Lipinski definition) is 2. The molecule has 1 aromatic carbocycles. The number of furan rings is 1. The van der Waals surface area contributed by atoms with E-state index in [9.17, 15) is 13.2 Å². The second kappa shape index (κ2) is 8.48. The zero-order valence-electron chi connectivity index (χ0n) is 14.6. The fourth-order valence-electron chi connectivity index (χ4n) is 3.02. The number of carbonyl (C=O) groups is 1. The average Bonchev–Trinajstić information content (AvgIpc) is 3.14. The van der Waals surface area contributed by atoms with Crippen molar-refractivity contribution in [2.75, 3.05) is 32.7 Å². The van der Waals surface area contributed by atoms with Crippen LogP contribution in [0.1, 0.15) is 11.3 Å². The zero-order chi connectivity index (χ0) is 18.4. The van der Waals surface area contributed by atoms with E-state index in [1.165, 1.54) is 4.31 Å². The Balaban J connectivity index is 1.44. The summed E-state index contributed by atoms with van der Waals surface area (Å²) < 4.78 is 31.8. The second-order valence-electron chi connectivity index (χ2n) is 6.42. The fraction of sp³-hybridized carbons (Fsp3) is 0.389. The van der Waals surface area contributed by atoms with E-state index >= 15 is 0 Å². The van der Waals surface area contributed by atoms with Crippen LogP contribution >= 0.6 is 0 Å². The number of piperazine rings is 1. The van der Waals surface area contributed by atoms with Crippen molar-refractivity contribution in [3.63, 3.8) is 0 Å². The SMILES string of the molecule is O=C(C[NH+]1CCN(S(=O)(=O)Cc2ccccc2)CC1)NCc1ccco1. The fourth-order valence-corrected chi connectivity index (χ4v) is 4.56. The highest BCUT2D eigenvalue weighted by Gasteiger charge is 2.29. The van der Waals surface area contributed by atoms with Gasteiger partial charge in [0.05, 0.1) is 44.7 Å². The summed E-state index contributed by atoms with van der Waals surface area (Å²) in [5.41, 5.74) is 0.791. The van der Waals surface area contributed by atoms with E-state index in [-0.39, 0.29) is 11.7 Å². The van der Waals surface area contributed by atoms with Gasteiger partial charge in [0.25, 0.3) is 5.91 Å². The standard InChI is InChI=1S/C18H23N3O4S/c22-18(19-13-17-7-4-12-25-17)14-20-8-10-21(11-9-20)26(23,24)15-16-5-2-1-3-6-16/h1-7,12H,8-11,13-15H2,(H,19,22)/p+1. The highest BCUT2D eigenvalue weighted by Crippen LogP contribution is 2.10. The highest BCUT2D eigenvalue weighted by atomic mass is 32.2. The summed E-state index contributed by atoms with van der Waals surface area (Å²) in [7, 11) is -3.32. The predicted molar refractivity (Wildman–Crippen MR) is 96.8 cm³/mol. The molecule has 2 aromatic rings. The van der Waals surface area contributed by atoms with Crippen LogP contribution in [0.25, 0.3) is 0 Å². The molecule has 1 aromatic heterocycles. The first-order chi connectivity index (χ1) is 12.5. The maximum Gasteiger partial charge on any atom is 0.275 e. The van der Waals surface area contributed by atoms with E-state index < -0.39 is 10.0 Å². The lowest BCUT2D eigenvalue weighted by Crippen LogP contribution is -3.15. The van der Waals surface area contributed by atoms with Gasteiger partial charge >= 0.3 is 0 Å². The second-order valence-corrected chi connectivity index (χ2v) is 8.39. The van der Waals surface area contributed by atoms with E-state index in [1.807, 2.05) is 36.4 Å². The number of quaternary nitrogens is 1. The Bertz CT molecular complexity index is 798. The first-order valence-corrected chi connectivity index (χ1v) is 10.3. The number of nitrogens with one attached hydrogen (secondary N) is 2. The number of amides is 1. The van der Waals surface area contributed by atoms with Crippen molar-refractivity contribution in [1.82, 2.24) is 9.62 Å². The quantitative estimate of drug-likeness (QED) is 0.688. The third-order valence-electron chi connectivity index (χ3n) is 4.47. The Morgan fingerprint density at radius 2 is 1.85 bits per heavy atom. The molecule has 0 bridgehead atoms. The summed E-state index contributed by atoms with van der Waals surface area (Å²) in [4.78, 5) is 13.1. The van der Waals surface area contributed by atoms with Crippen LogP contribution in [0.5, 0.6) is 0 Å². The van der Waals surface area contributed by atoms with Crippen molar-refractivity contribution in [2.45, 2.75) is 12.3 Å². The van der Waals surface area contributed by atoms with Gasteiger partial charge in [-0.15, -0.1) is 0 Å².